The molecular formula is C13H19NO2. The molecule has 1 aliphatic heterocycles. The molecule has 0 radical (unpaired) electrons. The van der Waals surface area contributed by atoms with Gasteiger partial charge in [0.25, 0.3) is 0 Å². The lowest BCUT2D eigenvalue weighted by Crippen LogP contribution is -2.19. The van der Waals surface area contributed by atoms with Gasteiger partial charge >= 0.3 is 0 Å². The lowest BCUT2D eigenvalue weighted by atomic mass is 10.1. The molecule has 0 bridgehead atoms. The minimum Gasteiger partial charge on any atom is -0.504 e. The van der Waals surface area contributed by atoms with E-state index in [1.54, 1.807) is 13.2 Å². The van der Waals surface area contributed by atoms with Crippen LogP contribution in [-0.4, -0.2) is 30.2 Å². The third kappa shape index (κ3) is 2.30. The molecule has 1 atom stereocenters. The van der Waals surface area contributed by atoms with Gasteiger partial charge in [0.05, 0.1) is 7.11 Å². The Morgan fingerprint density at radius 2 is 2.31 bits per heavy atom. The Balaban J connectivity index is 2.09. The number of hydrogen-bond donors (Lipinski definition) is 1. The number of nitrogens with zero attached hydrogens (tertiary/aromatic N) is 1. The van der Waals surface area contributed by atoms with Crippen molar-refractivity contribution in [3.05, 3.63) is 23.8 Å². The number of phenolic OH excluding ortho intramolecular Hbond substituents is 1. The highest BCUT2D eigenvalue weighted by atomic mass is 16.5. The van der Waals surface area contributed by atoms with Gasteiger partial charge in [-0.05, 0) is 24.9 Å². The SMILES string of the molecule is COc1cccc(CN2CCC(C)C2)c1O. The number of methoxy groups -OCH3 is 1. The maximum atomic E-state index is 9.96. The van der Waals surface area contributed by atoms with Gasteiger partial charge in [0, 0.05) is 18.7 Å². The molecule has 0 amide bonds. The topological polar surface area (TPSA) is 32.7 Å². The summed E-state index contributed by atoms with van der Waals surface area (Å²) in [6.07, 6.45) is 1.25. The van der Waals surface area contributed by atoms with Crippen molar-refractivity contribution >= 4 is 0 Å². The van der Waals surface area contributed by atoms with Crippen molar-refractivity contribution in [2.24, 2.45) is 5.92 Å². The molecule has 2 rings (SSSR count). The molecule has 1 saturated heterocycles. The number of phenols is 1. The van der Waals surface area contributed by atoms with Gasteiger partial charge in [0.1, 0.15) is 0 Å². The molecule has 0 aromatic heterocycles. The van der Waals surface area contributed by atoms with Crippen LogP contribution >= 0.6 is 0 Å². The van der Waals surface area contributed by atoms with E-state index in [-0.39, 0.29) is 5.75 Å². The third-order valence-corrected chi connectivity index (χ3v) is 3.20. The molecule has 16 heavy (non-hydrogen) atoms. The molecule has 1 aromatic carbocycles. The fourth-order valence-electron chi connectivity index (χ4n) is 2.27. The van der Waals surface area contributed by atoms with Crippen molar-refractivity contribution in [2.45, 2.75) is 19.9 Å². The van der Waals surface area contributed by atoms with Gasteiger partial charge in [-0.1, -0.05) is 19.1 Å². The monoisotopic (exact) mass is 221 g/mol. The zero-order valence-electron chi connectivity index (χ0n) is 9.94. The van der Waals surface area contributed by atoms with Gasteiger partial charge in [0.15, 0.2) is 11.5 Å². The second-order valence-electron chi connectivity index (χ2n) is 4.60. The van der Waals surface area contributed by atoms with Crippen molar-refractivity contribution in [1.82, 2.24) is 4.90 Å². The Morgan fingerprint density at radius 3 is 2.94 bits per heavy atom. The zero-order valence-corrected chi connectivity index (χ0v) is 9.94. The molecule has 1 fully saturated rings. The molecule has 0 aliphatic carbocycles. The van der Waals surface area contributed by atoms with Crippen LogP contribution in [0.1, 0.15) is 18.9 Å². The Bertz CT molecular complexity index is 365. The van der Waals surface area contributed by atoms with Crippen molar-refractivity contribution in [2.75, 3.05) is 20.2 Å². The summed E-state index contributed by atoms with van der Waals surface area (Å²) < 4.78 is 5.10. The molecule has 1 N–H and O–H groups in total. The van der Waals surface area contributed by atoms with E-state index in [0.717, 1.165) is 31.1 Å². The first kappa shape index (κ1) is 11.3. The smallest absolute Gasteiger partial charge is 0.162 e. The maximum Gasteiger partial charge on any atom is 0.162 e. The standard InChI is InChI=1S/C13H19NO2/c1-10-6-7-14(8-10)9-11-4-3-5-12(16-2)13(11)15/h3-5,10,15H,6-9H2,1-2H3. The Kier molecular flexibility index (Phi) is 3.34. The number of ether oxygens (including phenoxy) is 1. The molecule has 1 heterocycles. The predicted octanol–water partition coefficient (Wildman–Crippen LogP) is 2.24. The van der Waals surface area contributed by atoms with Crippen LogP contribution in [0, 0.1) is 5.92 Å². The minimum absolute atomic E-state index is 0.282. The molecular weight excluding hydrogens is 202 g/mol. The molecule has 1 aromatic rings. The van der Waals surface area contributed by atoms with E-state index in [2.05, 4.69) is 11.8 Å². The molecule has 3 nitrogen and oxygen atoms in total. The van der Waals surface area contributed by atoms with Crippen LogP contribution in [0.2, 0.25) is 0 Å². The van der Waals surface area contributed by atoms with E-state index < -0.39 is 0 Å². The average Bonchev–Trinajstić information content (AvgIpc) is 2.67. The number of benzene rings is 1. The maximum absolute atomic E-state index is 9.96. The summed E-state index contributed by atoms with van der Waals surface area (Å²) in [4.78, 5) is 2.37. The number of likely N-dealkylation sites (tertiary alicyclic amines) is 1. The minimum atomic E-state index is 0.282. The molecule has 0 spiro atoms. The van der Waals surface area contributed by atoms with Crippen LogP contribution in [0.4, 0.5) is 0 Å². The van der Waals surface area contributed by atoms with Gasteiger partial charge < -0.3 is 9.84 Å². The summed E-state index contributed by atoms with van der Waals surface area (Å²) in [5, 5.41) is 9.96. The summed E-state index contributed by atoms with van der Waals surface area (Å²) in [6, 6.07) is 5.67. The number of aromatic hydroxyl groups is 1. The van der Waals surface area contributed by atoms with Gasteiger partial charge in [-0.2, -0.15) is 0 Å². The van der Waals surface area contributed by atoms with E-state index in [0.29, 0.717) is 5.75 Å². The lowest BCUT2D eigenvalue weighted by molar-refractivity contribution is 0.309. The van der Waals surface area contributed by atoms with Crippen LogP contribution in [-0.2, 0) is 6.54 Å². The fourth-order valence-corrected chi connectivity index (χ4v) is 2.27. The Hall–Kier alpha value is -1.22. The molecule has 1 unspecified atom stereocenters. The van der Waals surface area contributed by atoms with Crippen LogP contribution < -0.4 is 4.74 Å². The van der Waals surface area contributed by atoms with E-state index in [1.807, 2.05) is 12.1 Å². The highest BCUT2D eigenvalue weighted by molar-refractivity contribution is 5.45. The van der Waals surface area contributed by atoms with E-state index >= 15 is 0 Å². The average molecular weight is 221 g/mol. The second-order valence-corrected chi connectivity index (χ2v) is 4.60. The second kappa shape index (κ2) is 4.74. The first-order chi connectivity index (χ1) is 7.70. The van der Waals surface area contributed by atoms with Crippen LogP contribution in [0.3, 0.4) is 0 Å². The predicted molar refractivity (Wildman–Crippen MR) is 63.7 cm³/mol. The van der Waals surface area contributed by atoms with E-state index in [4.69, 9.17) is 4.74 Å². The number of hydrogen-bond acceptors (Lipinski definition) is 3. The quantitative estimate of drug-likeness (QED) is 0.849. The summed E-state index contributed by atoms with van der Waals surface area (Å²) in [7, 11) is 1.58. The summed E-state index contributed by atoms with van der Waals surface area (Å²) in [6.45, 7) is 5.33. The van der Waals surface area contributed by atoms with Gasteiger partial charge in [0.2, 0.25) is 0 Å². The van der Waals surface area contributed by atoms with Crippen LogP contribution in [0.25, 0.3) is 0 Å². The molecule has 88 valence electrons. The highest BCUT2D eigenvalue weighted by Crippen LogP contribution is 2.31. The van der Waals surface area contributed by atoms with Crippen molar-refractivity contribution in [1.29, 1.82) is 0 Å². The normalized spacial score (nSPS) is 21.2. The largest absolute Gasteiger partial charge is 0.504 e. The third-order valence-electron chi connectivity index (χ3n) is 3.20. The van der Waals surface area contributed by atoms with Gasteiger partial charge in [-0.3, -0.25) is 4.90 Å². The number of rotatable bonds is 3. The summed E-state index contributed by atoms with van der Waals surface area (Å²) in [5.41, 5.74) is 0.952. The number of para-hydroxylation sites is 1. The van der Waals surface area contributed by atoms with Crippen LogP contribution in [0.15, 0.2) is 18.2 Å². The van der Waals surface area contributed by atoms with E-state index in [1.165, 1.54) is 6.42 Å². The summed E-state index contributed by atoms with van der Waals surface area (Å²) >= 11 is 0. The highest BCUT2D eigenvalue weighted by Gasteiger charge is 2.20. The Morgan fingerprint density at radius 1 is 1.50 bits per heavy atom. The van der Waals surface area contributed by atoms with Crippen molar-refractivity contribution in [3.63, 3.8) is 0 Å². The first-order valence-electron chi connectivity index (χ1n) is 5.78. The van der Waals surface area contributed by atoms with Crippen molar-refractivity contribution < 1.29 is 9.84 Å². The molecule has 0 saturated carbocycles. The van der Waals surface area contributed by atoms with Gasteiger partial charge in [-0.15, -0.1) is 0 Å². The van der Waals surface area contributed by atoms with Crippen LogP contribution in [0.5, 0.6) is 11.5 Å². The lowest BCUT2D eigenvalue weighted by Gasteiger charge is -2.17. The van der Waals surface area contributed by atoms with Gasteiger partial charge in [-0.25, -0.2) is 0 Å². The molecule has 1 aliphatic rings. The fraction of sp³-hybridized carbons (Fsp3) is 0.538. The zero-order chi connectivity index (χ0) is 11.5. The van der Waals surface area contributed by atoms with E-state index in [9.17, 15) is 5.11 Å². The van der Waals surface area contributed by atoms with Crippen molar-refractivity contribution in [3.8, 4) is 11.5 Å². The molecule has 3 heteroatoms. The summed E-state index contributed by atoms with van der Waals surface area (Å²) in [5.74, 6) is 1.61. The Labute approximate surface area is 96.6 Å². The first-order valence-corrected chi connectivity index (χ1v) is 5.78.